The van der Waals surface area contributed by atoms with Crippen LogP contribution in [0.4, 0.5) is 0 Å². The molecule has 2 rings (SSSR count). The number of benzene rings is 1. The molecule has 0 saturated carbocycles. The number of likely N-dealkylation sites (N-methyl/N-ethyl adjacent to an activating group) is 1. The second-order valence-electron chi connectivity index (χ2n) is 4.72. The molecule has 1 aromatic rings. The fourth-order valence-electron chi connectivity index (χ4n) is 2.26. The van der Waals surface area contributed by atoms with Gasteiger partial charge in [0.2, 0.25) is 10.0 Å². The van der Waals surface area contributed by atoms with E-state index in [1.54, 1.807) is 6.07 Å². The van der Waals surface area contributed by atoms with Crippen LogP contribution in [-0.4, -0.2) is 55.5 Å². The average Bonchev–Trinajstić information content (AvgIpc) is 2.28. The fourth-order valence-corrected chi connectivity index (χ4v) is 3.91. The standard InChI is InChI=1S/C12H18N2O3S/c1-10-9-13(2)6-7-14(10)18(16,17)12-5-3-4-11(15)8-12/h3-5,8,10,15H,6-7,9H2,1-2H3. The summed E-state index contributed by atoms with van der Waals surface area (Å²) in [4.78, 5) is 2.26. The van der Waals surface area contributed by atoms with Gasteiger partial charge in [0.1, 0.15) is 5.75 Å². The Balaban J connectivity index is 2.31. The molecule has 0 aliphatic carbocycles. The third-order valence-corrected chi connectivity index (χ3v) is 5.20. The molecule has 1 saturated heterocycles. The van der Waals surface area contributed by atoms with Gasteiger partial charge in [-0.15, -0.1) is 0 Å². The summed E-state index contributed by atoms with van der Waals surface area (Å²) >= 11 is 0. The molecule has 0 amide bonds. The Bertz CT molecular complexity index is 530. The zero-order valence-corrected chi connectivity index (χ0v) is 11.4. The highest BCUT2D eigenvalue weighted by atomic mass is 32.2. The first-order valence-corrected chi connectivity index (χ1v) is 7.34. The van der Waals surface area contributed by atoms with E-state index in [0.29, 0.717) is 6.54 Å². The molecular weight excluding hydrogens is 252 g/mol. The number of rotatable bonds is 2. The molecular formula is C12H18N2O3S. The van der Waals surface area contributed by atoms with Gasteiger partial charge in [-0.05, 0) is 32.2 Å². The second kappa shape index (κ2) is 4.87. The highest BCUT2D eigenvalue weighted by molar-refractivity contribution is 7.89. The van der Waals surface area contributed by atoms with Crippen molar-refractivity contribution in [1.82, 2.24) is 9.21 Å². The third-order valence-electron chi connectivity index (χ3n) is 3.19. The number of sulfonamides is 1. The Morgan fingerprint density at radius 2 is 2.06 bits per heavy atom. The molecule has 1 heterocycles. The summed E-state index contributed by atoms with van der Waals surface area (Å²) in [6.07, 6.45) is 0. The summed E-state index contributed by atoms with van der Waals surface area (Å²) in [5.41, 5.74) is 0. The number of aromatic hydroxyl groups is 1. The highest BCUT2D eigenvalue weighted by Gasteiger charge is 2.32. The molecule has 1 aliphatic rings. The predicted molar refractivity (Wildman–Crippen MR) is 69.0 cm³/mol. The minimum Gasteiger partial charge on any atom is -0.508 e. The molecule has 5 nitrogen and oxygen atoms in total. The minimum atomic E-state index is -3.51. The van der Waals surface area contributed by atoms with E-state index in [4.69, 9.17) is 0 Å². The summed E-state index contributed by atoms with van der Waals surface area (Å²) in [6, 6.07) is 5.76. The van der Waals surface area contributed by atoms with Crippen LogP contribution in [0.3, 0.4) is 0 Å². The van der Waals surface area contributed by atoms with Crippen LogP contribution in [0, 0.1) is 0 Å². The van der Waals surface area contributed by atoms with Crippen molar-refractivity contribution in [2.75, 3.05) is 26.7 Å². The van der Waals surface area contributed by atoms with Gasteiger partial charge in [-0.25, -0.2) is 8.42 Å². The molecule has 1 aliphatic heterocycles. The first-order valence-electron chi connectivity index (χ1n) is 5.90. The van der Waals surface area contributed by atoms with Gasteiger partial charge in [0.15, 0.2) is 0 Å². The molecule has 0 aromatic heterocycles. The zero-order valence-electron chi connectivity index (χ0n) is 10.6. The molecule has 1 fully saturated rings. The average molecular weight is 270 g/mol. The molecule has 18 heavy (non-hydrogen) atoms. The normalized spacial score (nSPS) is 23.1. The van der Waals surface area contributed by atoms with Crippen LogP contribution >= 0.6 is 0 Å². The smallest absolute Gasteiger partial charge is 0.243 e. The van der Waals surface area contributed by atoms with Gasteiger partial charge in [-0.3, -0.25) is 0 Å². The lowest BCUT2D eigenvalue weighted by atomic mass is 10.2. The monoisotopic (exact) mass is 270 g/mol. The Morgan fingerprint density at radius 3 is 2.67 bits per heavy atom. The van der Waals surface area contributed by atoms with Gasteiger partial charge < -0.3 is 10.0 Å². The molecule has 6 heteroatoms. The number of nitrogens with zero attached hydrogens (tertiary/aromatic N) is 2. The number of phenolic OH excluding ortho intramolecular Hbond substituents is 1. The largest absolute Gasteiger partial charge is 0.508 e. The molecule has 0 bridgehead atoms. The Kier molecular flexibility index (Phi) is 3.61. The number of hydrogen-bond donors (Lipinski definition) is 1. The van der Waals surface area contributed by atoms with E-state index in [-0.39, 0.29) is 16.7 Å². The molecule has 100 valence electrons. The SMILES string of the molecule is CC1CN(C)CCN1S(=O)(=O)c1cccc(O)c1. The van der Waals surface area contributed by atoms with E-state index < -0.39 is 10.0 Å². The van der Waals surface area contributed by atoms with Crippen LogP contribution in [0.25, 0.3) is 0 Å². The van der Waals surface area contributed by atoms with Crippen LogP contribution < -0.4 is 0 Å². The van der Waals surface area contributed by atoms with Crippen molar-refractivity contribution < 1.29 is 13.5 Å². The van der Waals surface area contributed by atoms with Crippen molar-refractivity contribution in [2.24, 2.45) is 0 Å². The van der Waals surface area contributed by atoms with Gasteiger partial charge in [-0.2, -0.15) is 4.31 Å². The maximum absolute atomic E-state index is 12.5. The lowest BCUT2D eigenvalue weighted by Crippen LogP contribution is -2.52. The molecule has 1 aromatic carbocycles. The van der Waals surface area contributed by atoms with Crippen LogP contribution in [0.1, 0.15) is 6.92 Å². The molecule has 1 N–H and O–H groups in total. The summed E-state index contributed by atoms with van der Waals surface area (Å²) in [6.45, 7) is 3.83. The van der Waals surface area contributed by atoms with Crippen LogP contribution in [0.15, 0.2) is 29.2 Å². The Hall–Kier alpha value is -1.11. The number of piperazine rings is 1. The lowest BCUT2D eigenvalue weighted by molar-refractivity contribution is 0.170. The van der Waals surface area contributed by atoms with E-state index in [1.165, 1.54) is 22.5 Å². The summed E-state index contributed by atoms with van der Waals surface area (Å²) < 4.78 is 26.4. The summed E-state index contributed by atoms with van der Waals surface area (Å²) in [5, 5.41) is 9.39. The van der Waals surface area contributed by atoms with Crippen molar-refractivity contribution in [3.8, 4) is 5.75 Å². The molecule has 1 atom stereocenters. The van der Waals surface area contributed by atoms with Crippen molar-refractivity contribution >= 4 is 10.0 Å². The molecule has 0 spiro atoms. The van der Waals surface area contributed by atoms with E-state index >= 15 is 0 Å². The highest BCUT2D eigenvalue weighted by Crippen LogP contribution is 2.23. The van der Waals surface area contributed by atoms with Gasteiger partial charge in [-0.1, -0.05) is 6.07 Å². The Labute approximate surface area is 108 Å². The summed E-state index contributed by atoms with van der Waals surface area (Å²) in [7, 11) is -1.53. The topological polar surface area (TPSA) is 60.9 Å². The maximum Gasteiger partial charge on any atom is 0.243 e. The van der Waals surface area contributed by atoms with Crippen LogP contribution in [0.5, 0.6) is 5.75 Å². The fraction of sp³-hybridized carbons (Fsp3) is 0.500. The van der Waals surface area contributed by atoms with Crippen LogP contribution in [-0.2, 0) is 10.0 Å². The van der Waals surface area contributed by atoms with E-state index in [9.17, 15) is 13.5 Å². The molecule has 0 radical (unpaired) electrons. The number of phenols is 1. The minimum absolute atomic E-state index is 0.0298. The van der Waals surface area contributed by atoms with Crippen molar-refractivity contribution in [3.05, 3.63) is 24.3 Å². The second-order valence-corrected chi connectivity index (χ2v) is 6.61. The third kappa shape index (κ3) is 2.50. The maximum atomic E-state index is 12.5. The van der Waals surface area contributed by atoms with Crippen molar-refractivity contribution in [2.45, 2.75) is 17.9 Å². The van der Waals surface area contributed by atoms with E-state index in [0.717, 1.165) is 13.1 Å². The quantitative estimate of drug-likeness (QED) is 0.860. The van der Waals surface area contributed by atoms with Gasteiger partial charge in [0, 0.05) is 25.7 Å². The van der Waals surface area contributed by atoms with Crippen molar-refractivity contribution in [1.29, 1.82) is 0 Å². The van der Waals surface area contributed by atoms with Gasteiger partial charge in [0.25, 0.3) is 0 Å². The van der Waals surface area contributed by atoms with Crippen molar-refractivity contribution in [3.63, 3.8) is 0 Å². The number of hydrogen-bond acceptors (Lipinski definition) is 4. The Morgan fingerprint density at radius 1 is 1.33 bits per heavy atom. The van der Waals surface area contributed by atoms with Gasteiger partial charge >= 0.3 is 0 Å². The van der Waals surface area contributed by atoms with Crippen LogP contribution in [0.2, 0.25) is 0 Å². The first kappa shape index (κ1) is 13.3. The predicted octanol–water partition coefficient (Wildman–Crippen LogP) is 0.717. The molecule has 1 unspecified atom stereocenters. The van der Waals surface area contributed by atoms with E-state index in [2.05, 4.69) is 4.90 Å². The van der Waals surface area contributed by atoms with Gasteiger partial charge in [0.05, 0.1) is 4.90 Å². The van der Waals surface area contributed by atoms with E-state index in [1.807, 2.05) is 14.0 Å². The first-order chi connectivity index (χ1) is 8.41. The summed E-state index contributed by atoms with van der Waals surface area (Å²) in [5.74, 6) is -0.0298. The lowest BCUT2D eigenvalue weighted by Gasteiger charge is -2.37. The zero-order chi connectivity index (χ0) is 13.3.